The van der Waals surface area contributed by atoms with Gasteiger partial charge < -0.3 is 15.0 Å². The molecule has 1 N–H and O–H groups in total. The average Bonchev–Trinajstić information content (AvgIpc) is 2.38. The molecular formula is C13H20FN3O3. The third-order valence-corrected chi connectivity index (χ3v) is 2.88. The maximum Gasteiger partial charge on any atom is 0.313 e. The number of benzene rings is 1. The topological polar surface area (TPSA) is 67.6 Å². The van der Waals surface area contributed by atoms with Crippen molar-refractivity contribution >= 4 is 11.4 Å². The Morgan fingerprint density at radius 1 is 1.50 bits per heavy atom. The van der Waals surface area contributed by atoms with Crippen molar-refractivity contribution in [1.82, 2.24) is 4.90 Å². The van der Waals surface area contributed by atoms with E-state index in [1.54, 1.807) is 0 Å². The van der Waals surface area contributed by atoms with Gasteiger partial charge >= 0.3 is 5.69 Å². The first kappa shape index (κ1) is 16.2. The Hall–Kier alpha value is -1.89. The zero-order valence-electron chi connectivity index (χ0n) is 12.1. The molecule has 1 aromatic carbocycles. The van der Waals surface area contributed by atoms with Crippen molar-refractivity contribution in [2.24, 2.45) is 0 Å². The summed E-state index contributed by atoms with van der Waals surface area (Å²) in [6, 6.07) is 2.23. The fourth-order valence-electron chi connectivity index (χ4n) is 1.75. The summed E-state index contributed by atoms with van der Waals surface area (Å²) in [5.74, 6) is -0.618. The summed E-state index contributed by atoms with van der Waals surface area (Å²) >= 11 is 0. The van der Waals surface area contributed by atoms with Crippen molar-refractivity contribution in [2.45, 2.75) is 19.4 Å². The molecule has 1 aromatic rings. The van der Waals surface area contributed by atoms with Crippen LogP contribution in [0.1, 0.15) is 13.3 Å². The van der Waals surface area contributed by atoms with Crippen molar-refractivity contribution in [1.29, 1.82) is 0 Å². The molecule has 1 atom stereocenters. The standard InChI is InChI=1S/C13H20FN3O3/c1-9(5-6-16(2)3)15-11-8-13(20-4)12(17(18)19)7-10(11)14/h7-9,15H,5-6H2,1-4H3. The fourth-order valence-corrected chi connectivity index (χ4v) is 1.75. The molecule has 0 amide bonds. The number of ether oxygens (including phenoxy) is 1. The van der Waals surface area contributed by atoms with Crippen LogP contribution in [0.4, 0.5) is 15.8 Å². The van der Waals surface area contributed by atoms with Crippen LogP contribution in [0, 0.1) is 15.9 Å². The minimum atomic E-state index is -0.666. The van der Waals surface area contributed by atoms with Gasteiger partial charge in [0.15, 0.2) is 11.6 Å². The van der Waals surface area contributed by atoms with Crippen molar-refractivity contribution in [3.05, 3.63) is 28.1 Å². The van der Waals surface area contributed by atoms with Crippen LogP contribution in [-0.4, -0.2) is 43.6 Å². The molecule has 1 rings (SSSR count). The van der Waals surface area contributed by atoms with E-state index in [1.807, 2.05) is 25.9 Å². The lowest BCUT2D eigenvalue weighted by Crippen LogP contribution is -2.23. The molecule has 7 heteroatoms. The second-order valence-corrected chi connectivity index (χ2v) is 4.90. The van der Waals surface area contributed by atoms with Gasteiger partial charge in [-0.2, -0.15) is 0 Å². The quantitative estimate of drug-likeness (QED) is 0.616. The van der Waals surface area contributed by atoms with Gasteiger partial charge in [0.1, 0.15) is 0 Å². The first-order chi connectivity index (χ1) is 9.35. The highest BCUT2D eigenvalue weighted by atomic mass is 19.1. The molecular weight excluding hydrogens is 265 g/mol. The lowest BCUT2D eigenvalue weighted by Gasteiger charge is -2.18. The predicted molar refractivity (Wildman–Crippen MR) is 75.9 cm³/mol. The summed E-state index contributed by atoms with van der Waals surface area (Å²) in [7, 11) is 5.24. The normalized spacial score (nSPS) is 12.3. The number of anilines is 1. The minimum absolute atomic E-state index is 0.0399. The van der Waals surface area contributed by atoms with E-state index in [-0.39, 0.29) is 23.2 Å². The number of nitro benzene ring substituents is 1. The molecule has 0 saturated heterocycles. The number of hydrogen-bond donors (Lipinski definition) is 1. The molecule has 0 aliphatic rings. The number of nitro groups is 1. The van der Waals surface area contributed by atoms with E-state index in [4.69, 9.17) is 4.74 Å². The Labute approximate surface area is 117 Å². The first-order valence-corrected chi connectivity index (χ1v) is 6.28. The van der Waals surface area contributed by atoms with E-state index < -0.39 is 10.7 Å². The number of nitrogens with zero attached hydrogens (tertiary/aromatic N) is 2. The van der Waals surface area contributed by atoms with Gasteiger partial charge in [-0.1, -0.05) is 0 Å². The molecule has 6 nitrogen and oxygen atoms in total. The zero-order chi connectivity index (χ0) is 15.3. The fraction of sp³-hybridized carbons (Fsp3) is 0.538. The summed E-state index contributed by atoms with van der Waals surface area (Å²) in [5, 5.41) is 13.8. The van der Waals surface area contributed by atoms with E-state index in [0.29, 0.717) is 0 Å². The molecule has 0 heterocycles. The lowest BCUT2D eigenvalue weighted by atomic mass is 10.2. The third-order valence-electron chi connectivity index (χ3n) is 2.88. The van der Waals surface area contributed by atoms with Gasteiger partial charge in [-0.15, -0.1) is 0 Å². The van der Waals surface area contributed by atoms with Crippen LogP contribution in [0.25, 0.3) is 0 Å². The van der Waals surface area contributed by atoms with Crippen LogP contribution in [-0.2, 0) is 0 Å². The van der Waals surface area contributed by atoms with Gasteiger partial charge in [0.05, 0.1) is 23.8 Å². The monoisotopic (exact) mass is 285 g/mol. The molecule has 112 valence electrons. The van der Waals surface area contributed by atoms with E-state index in [2.05, 4.69) is 5.32 Å². The molecule has 0 aliphatic carbocycles. The number of rotatable bonds is 7. The Kier molecular flexibility index (Phi) is 5.69. The second kappa shape index (κ2) is 7.04. The van der Waals surface area contributed by atoms with Crippen LogP contribution in [0.15, 0.2) is 12.1 Å². The summed E-state index contributed by atoms with van der Waals surface area (Å²) in [5.41, 5.74) is -0.171. The molecule has 0 fully saturated rings. The van der Waals surface area contributed by atoms with Crippen LogP contribution in [0.3, 0.4) is 0 Å². The smallest absolute Gasteiger partial charge is 0.313 e. The molecule has 1 unspecified atom stereocenters. The van der Waals surface area contributed by atoms with Gasteiger partial charge in [-0.05, 0) is 34.0 Å². The van der Waals surface area contributed by atoms with Gasteiger partial charge in [0, 0.05) is 12.1 Å². The molecule has 0 radical (unpaired) electrons. The van der Waals surface area contributed by atoms with E-state index >= 15 is 0 Å². The highest BCUT2D eigenvalue weighted by molar-refractivity contribution is 5.59. The number of halogens is 1. The van der Waals surface area contributed by atoms with Gasteiger partial charge in [0.25, 0.3) is 0 Å². The summed E-state index contributed by atoms with van der Waals surface area (Å²) < 4.78 is 18.8. The number of nitrogens with one attached hydrogen (secondary N) is 1. The largest absolute Gasteiger partial charge is 0.490 e. The number of hydrogen-bond acceptors (Lipinski definition) is 5. The SMILES string of the molecule is COc1cc(NC(C)CCN(C)C)c(F)cc1[N+](=O)[O-]. The maximum absolute atomic E-state index is 13.9. The van der Waals surface area contributed by atoms with Gasteiger partial charge in [-0.25, -0.2) is 4.39 Å². The van der Waals surface area contributed by atoms with Gasteiger partial charge in [0.2, 0.25) is 0 Å². The first-order valence-electron chi connectivity index (χ1n) is 6.28. The minimum Gasteiger partial charge on any atom is -0.490 e. The van der Waals surface area contributed by atoms with Crippen molar-refractivity contribution in [3.8, 4) is 5.75 Å². The second-order valence-electron chi connectivity index (χ2n) is 4.90. The van der Waals surface area contributed by atoms with Gasteiger partial charge in [-0.3, -0.25) is 10.1 Å². The molecule has 20 heavy (non-hydrogen) atoms. The molecule has 0 aromatic heterocycles. The molecule has 0 aliphatic heterocycles. The average molecular weight is 285 g/mol. The van der Waals surface area contributed by atoms with Crippen molar-refractivity contribution in [3.63, 3.8) is 0 Å². The Morgan fingerprint density at radius 2 is 2.15 bits per heavy atom. The van der Waals surface area contributed by atoms with Crippen LogP contribution in [0.2, 0.25) is 0 Å². The molecule has 0 bridgehead atoms. The maximum atomic E-state index is 13.9. The van der Waals surface area contributed by atoms with Crippen molar-refractivity contribution in [2.75, 3.05) is 33.1 Å². The van der Waals surface area contributed by atoms with Crippen LogP contribution in [0.5, 0.6) is 5.75 Å². The van der Waals surface area contributed by atoms with E-state index in [1.165, 1.54) is 13.2 Å². The highest BCUT2D eigenvalue weighted by Gasteiger charge is 2.19. The Balaban J connectivity index is 2.88. The number of methoxy groups -OCH3 is 1. The summed E-state index contributed by atoms with van der Waals surface area (Å²) in [4.78, 5) is 12.1. The summed E-state index contributed by atoms with van der Waals surface area (Å²) in [6.07, 6.45) is 0.825. The van der Waals surface area contributed by atoms with Crippen LogP contribution >= 0.6 is 0 Å². The third kappa shape index (κ3) is 4.34. The summed E-state index contributed by atoms with van der Waals surface area (Å²) in [6.45, 7) is 2.79. The highest BCUT2D eigenvalue weighted by Crippen LogP contribution is 2.32. The van der Waals surface area contributed by atoms with E-state index in [9.17, 15) is 14.5 Å². The Morgan fingerprint density at radius 3 is 2.65 bits per heavy atom. The predicted octanol–water partition coefficient (Wildman–Crippen LogP) is 2.49. The van der Waals surface area contributed by atoms with E-state index in [0.717, 1.165) is 19.0 Å². The Bertz CT molecular complexity index is 480. The molecule has 0 spiro atoms. The zero-order valence-corrected chi connectivity index (χ0v) is 12.1. The molecule has 0 saturated carbocycles. The van der Waals surface area contributed by atoms with Crippen molar-refractivity contribution < 1.29 is 14.1 Å². The lowest BCUT2D eigenvalue weighted by molar-refractivity contribution is -0.385. The van der Waals surface area contributed by atoms with Crippen LogP contribution < -0.4 is 10.1 Å².